The van der Waals surface area contributed by atoms with Crippen LogP contribution in [0.4, 0.5) is 0 Å². The van der Waals surface area contributed by atoms with Gasteiger partial charge < -0.3 is 9.73 Å². The highest BCUT2D eigenvalue weighted by Gasteiger charge is 2.06. The number of rotatable bonds is 5. The summed E-state index contributed by atoms with van der Waals surface area (Å²) in [7, 11) is 0. The van der Waals surface area contributed by atoms with Crippen LogP contribution >= 0.6 is 0 Å². The first-order chi connectivity index (χ1) is 10.3. The van der Waals surface area contributed by atoms with Crippen LogP contribution in [0, 0.1) is 0 Å². The van der Waals surface area contributed by atoms with E-state index in [0.29, 0.717) is 6.04 Å². The maximum Gasteiger partial charge on any atom is 0.0947 e. The van der Waals surface area contributed by atoms with Gasteiger partial charge in [-0.1, -0.05) is 54.6 Å². The van der Waals surface area contributed by atoms with E-state index in [4.69, 9.17) is 4.42 Å². The Bertz CT molecular complexity index is 657. The molecule has 2 aromatic carbocycles. The van der Waals surface area contributed by atoms with Crippen LogP contribution in [0.5, 0.6) is 0 Å². The van der Waals surface area contributed by atoms with Gasteiger partial charge in [-0.2, -0.15) is 0 Å². The van der Waals surface area contributed by atoms with Gasteiger partial charge in [0.2, 0.25) is 0 Å². The topological polar surface area (TPSA) is 25.2 Å². The second kappa shape index (κ2) is 6.42. The third-order valence-corrected chi connectivity index (χ3v) is 3.71. The van der Waals surface area contributed by atoms with Crippen LogP contribution in [0.15, 0.2) is 77.6 Å². The number of hydrogen-bond donors (Lipinski definition) is 1. The third-order valence-electron chi connectivity index (χ3n) is 3.71. The summed E-state index contributed by atoms with van der Waals surface area (Å²) in [6, 6.07) is 21.5. The molecule has 1 aromatic heterocycles. The Kier molecular flexibility index (Phi) is 4.17. The molecule has 0 radical (unpaired) electrons. The van der Waals surface area contributed by atoms with E-state index in [-0.39, 0.29) is 0 Å². The molecule has 0 saturated heterocycles. The molecule has 106 valence electrons. The Hall–Kier alpha value is -2.32. The second-order valence-corrected chi connectivity index (χ2v) is 5.22. The maximum absolute atomic E-state index is 5.08. The van der Waals surface area contributed by atoms with Crippen molar-refractivity contribution in [2.45, 2.75) is 19.5 Å². The molecular formula is C19H19NO. The molecule has 0 fully saturated rings. The van der Waals surface area contributed by atoms with Crippen molar-refractivity contribution in [1.29, 1.82) is 0 Å². The van der Waals surface area contributed by atoms with E-state index >= 15 is 0 Å². The first kappa shape index (κ1) is 13.7. The summed E-state index contributed by atoms with van der Waals surface area (Å²) in [4.78, 5) is 0. The van der Waals surface area contributed by atoms with Crippen LogP contribution in [0.1, 0.15) is 24.1 Å². The molecular weight excluding hydrogens is 258 g/mol. The molecule has 0 aliphatic carbocycles. The fourth-order valence-corrected chi connectivity index (χ4v) is 2.38. The SMILES string of the molecule is CC(NCc1ccoc1)c1ccc(-c2ccccc2)cc1. The van der Waals surface area contributed by atoms with Crippen molar-refractivity contribution < 1.29 is 4.42 Å². The molecule has 0 aliphatic rings. The normalized spacial score (nSPS) is 12.2. The Morgan fingerprint density at radius 2 is 1.62 bits per heavy atom. The highest BCUT2D eigenvalue weighted by Crippen LogP contribution is 2.21. The van der Waals surface area contributed by atoms with Gasteiger partial charge in [0, 0.05) is 18.2 Å². The minimum absolute atomic E-state index is 0.310. The van der Waals surface area contributed by atoms with Crippen molar-refractivity contribution in [2.75, 3.05) is 0 Å². The standard InChI is InChI=1S/C19H19NO/c1-15(20-13-16-11-12-21-14-16)17-7-9-19(10-8-17)18-5-3-2-4-6-18/h2-12,14-15,20H,13H2,1H3. The number of furan rings is 1. The van der Waals surface area contributed by atoms with E-state index in [1.807, 2.05) is 12.1 Å². The van der Waals surface area contributed by atoms with E-state index in [1.165, 1.54) is 22.3 Å². The Balaban J connectivity index is 1.66. The Morgan fingerprint density at radius 3 is 2.29 bits per heavy atom. The van der Waals surface area contributed by atoms with E-state index < -0.39 is 0 Å². The molecule has 1 N–H and O–H groups in total. The van der Waals surface area contributed by atoms with Gasteiger partial charge in [-0.25, -0.2) is 0 Å². The number of nitrogens with one attached hydrogen (secondary N) is 1. The summed E-state index contributed by atoms with van der Waals surface area (Å²) in [6.45, 7) is 3.00. The molecule has 0 amide bonds. The molecule has 21 heavy (non-hydrogen) atoms. The van der Waals surface area contributed by atoms with E-state index in [9.17, 15) is 0 Å². The summed E-state index contributed by atoms with van der Waals surface area (Å²) in [5.74, 6) is 0. The molecule has 0 bridgehead atoms. The molecule has 1 heterocycles. The van der Waals surface area contributed by atoms with E-state index in [2.05, 4.69) is 60.8 Å². The number of hydrogen-bond acceptors (Lipinski definition) is 2. The lowest BCUT2D eigenvalue weighted by atomic mass is 10.0. The Morgan fingerprint density at radius 1 is 0.905 bits per heavy atom. The first-order valence-electron chi connectivity index (χ1n) is 7.23. The van der Waals surface area contributed by atoms with Gasteiger partial charge in [-0.05, 0) is 29.7 Å². The van der Waals surface area contributed by atoms with Crippen LogP contribution in [0.25, 0.3) is 11.1 Å². The van der Waals surface area contributed by atoms with Gasteiger partial charge in [0.05, 0.1) is 12.5 Å². The van der Waals surface area contributed by atoms with E-state index in [1.54, 1.807) is 12.5 Å². The van der Waals surface area contributed by atoms with Gasteiger partial charge >= 0.3 is 0 Å². The van der Waals surface area contributed by atoms with Crippen LogP contribution in [-0.2, 0) is 6.54 Å². The van der Waals surface area contributed by atoms with Crippen molar-refractivity contribution in [2.24, 2.45) is 0 Å². The van der Waals surface area contributed by atoms with Gasteiger partial charge in [-0.3, -0.25) is 0 Å². The molecule has 0 spiro atoms. The summed E-state index contributed by atoms with van der Waals surface area (Å²) in [5, 5.41) is 3.50. The smallest absolute Gasteiger partial charge is 0.0947 e. The van der Waals surface area contributed by atoms with Crippen molar-refractivity contribution in [1.82, 2.24) is 5.32 Å². The maximum atomic E-state index is 5.08. The number of benzene rings is 2. The molecule has 1 unspecified atom stereocenters. The zero-order chi connectivity index (χ0) is 14.5. The molecule has 3 aromatic rings. The predicted molar refractivity (Wildman–Crippen MR) is 85.8 cm³/mol. The van der Waals surface area contributed by atoms with Crippen LogP contribution < -0.4 is 5.32 Å². The molecule has 1 atom stereocenters. The average Bonchev–Trinajstić information content (AvgIpc) is 3.07. The predicted octanol–water partition coefficient (Wildman–Crippen LogP) is 4.80. The lowest BCUT2D eigenvalue weighted by molar-refractivity contribution is 0.547. The molecule has 3 rings (SSSR count). The largest absolute Gasteiger partial charge is 0.472 e. The Labute approximate surface area is 125 Å². The van der Waals surface area contributed by atoms with Crippen molar-refractivity contribution in [3.05, 3.63) is 84.3 Å². The summed E-state index contributed by atoms with van der Waals surface area (Å²) >= 11 is 0. The highest BCUT2D eigenvalue weighted by molar-refractivity contribution is 5.63. The van der Waals surface area contributed by atoms with Gasteiger partial charge in [-0.15, -0.1) is 0 Å². The average molecular weight is 277 g/mol. The molecule has 2 heteroatoms. The first-order valence-corrected chi connectivity index (χ1v) is 7.23. The van der Waals surface area contributed by atoms with Crippen molar-refractivity contribution in [3.8, 4) is 11.1 Å². The van der Waals surface area contributed by atoms with E-state index in [0.717, 1.165) is 6.54 Å². The van der Waals surface area contributed by atoms with Crippen molar-refractivity contribution >= 4 is 0 Å². The zero-order valence-corrected chi connectivity index (χ0v) is 12.1. The van der Waals surface area contributed by atoms with Crippen LogP contribution in [-0.4, -0.2) is 0 Å². The fourth-order valence-electron chi connectivity index (χ4n) is 2.38. The summed E-state index contributed by atoms with van der Waals surface area (Å²) < 4.78 is 5.08. The second-order valence-electron chi connectivity index (χ2n) is 5.22. The summed E-state index contributed by atoms with van der Waals surface area (Å²) in [6.07, 6.45) is 3.48. The monoisotopic (exact) mass is 277 g/mol. The molecule has 0 saturated carbocycles. The lowest BCUT2D eigenvalue weighted by Crippen LogP contribution is -2.17. The van der Waals surface area contributed by atoms with Gasteiger partial charge in [0.1, 0.15) is 0 Å². The zero-order valence-electron chi connectivity index (χ0n) is 12.1. The minimum Gasteiger partial charge on any atom is -0.472 e. The van der Waals surface area contributed by atoms with Crippen molar-refractivity contribution in [3.63, 3.8) is 0 Å². The fraction of sp³-hybridized carbons (Fsp3) is 0.158. The summed E-state index contributed by atoms with van der Waals surface area (Å²) in [5.41, 5.74) is 4.96. The lowest BCUT2D eigenvalue weighted by Gasteiger charge is -2.14. The molecule has 2 nitrogen and oxygen atoms in total. The van der Waals surface area contributed by atoms with Crippen LogP contribution in [0.2, 0.25) is 0 Å². The third kappa shape index (κ3) is 3.41. The highest BCUT2D eigenvalue weighted by atomic mass is 16.3. The van der Waals surface area contributed by atoms with Gasteiger partial charge in [0.25, 0.3) is 0 Å². The van der Waals surface area contributed by atoms with Crippen LogP contribution in [0.3, 0.4) is 0 Å². The van der Waals surface area contributed by atoms with Gasteiger partial charge in [0.15, 0.2) is 0 Å². The molecule has 0 aliphatic heterocycles. The quantitative estimate of drug-likeness (QED) is 0.725. The minimum atomic E-state index is 0.310.